The molecule has 0 bridgehead atoms. The predicted octanol–water partition coefficient (Wildman–Crippen LogP) is 3.12. The number of fused-ring (bicyclic) bond motifs is 1. The van der Waals surface area contributed by atoms with E-state index in [0.717, 1.165) is 35.1 Å². The standard InChI is InChI=1S/C14H16O2/c1-2-7-16-14-6-5-12-8-11(10-15)3-4-13(12)9-14/h3-6,8-9,15H,2,7,10H2,1H3. The van der Waals surface area contributed by atoms with Gasteiger partial charge >= 0.3 is 0 Å². The van der Waals surface area contributed by atoms with Crippen LogP contribution in [0.4, 0.5) is 0 Å². The zero-order chi connectivity index (χ0) is 11.4. The maximum absolute atomic E-state index is 9.04. The molecule has 0 unspecified atom stereocenters. The number of aliphatic hydroxyl groups excluding tert-OH is 1. The van der Waals surface area contributed by atoms with Crippen LogP contribution in [0.5, 0.6) is 5.75 Å². The molecule has 0 aliphatic heterocycles. The molecule has 1 N–H and O–H groups in total. The number of ether oxygens (including phenoxy) is 1. The van der Waals surface area contributed by atoms with E-state index in [2.05, 4.69) is 6.92 Å². The number of rotatable bonds is 4. The molecule has 2 heteroatoms. The van der Waals surface area contributed by atoms with Crippen LogP contribution in [0.25, 0.3) is 10.8 Å². The summed E-state index contributed by atoms with van der Waals surface area (Å²) in [5.74, 6) is 0.908. The molecule has 84 valence electrons. The van der Waals surface area contributed by atoms with Gasteiger partial charge in [0.25, 0.3) is 0 Å². The summed E-state index contributed by atoms with van der Waals surface area (Å²) in [6, 6.07) is 12.0. The van der Waals surface area contributed by atoms with Crippen molar-refractivity contribution in [1.82, 2.24) is 0 Å². The molecule has 0 saturated carbocycles. The Morgan fingerprint density at radius 3 is 2.56 bits per heavy atom. The third-order valence-corrected chi connectivity index (χ3v) is 2.53. The van der Waals surface area contributed by atoms with Gasteiger partial charge in [-0.2, -0.15) is 0 Å². The molecule has 2 nitrogen and oxygen atoms in total. The van der Waals surface area contributed by atoms with Gasteiger partial charge in [-0.3, -0.25) is 0 Å². The van der Waals surface area contributed by atoms with Crippen molar-refractivity contribution in [3.8, 4) is 5.75 Å². The van der Waals surface area contributed by atoms with Crippen LogP contribution in [-0.4, -0.2) is 11.7 Å². The first kappa shape index (κ1) is 11.0. The van der Waals surface area contributed by atoms with Crippen LogP contribution in [0.1, 0.15) is 18.9 Å². The number of hydrogen-bond donors (Lipinski definition) is 1. The average molecular weight is 216 g/mol. The molecule has 0 aliphatic carbocycles. The lowest BCUT2D eigenvalue weighted by atomic mass is 10.1. The van der Waals surface area contributed by atoms with Gasteiger partial charge in [-0.15, -0.1) is 0 Å². The molecule has 0 spiro atoms. The highest BCUT2D eigenvalue weighted by molar-refractivity contribution is 5.84. The average Bonchev–Trinajstić information content (AvgIpc) is 2.35. The van der Waals surface area contributed by atoms with E-state index in [1.807, 2.05) is 36.4 Å². The number of aliphatic hydroxyl groups is 1. The van der Waals surface area contributed by atoms with Crippen molar-refractivity contribution in [1.29, 1.82) is 0 Å². The highest BCUT2D eigenvalue weighted by Crippen LogP contribution is 2.22. The number of benzene rings is 2. The molecule has 2 rings (SSSR count). The fraction of sp³-hybridized carbons (Fsp3) is 0.286. The zero-order valence-corrected chi connectivity index (χ0v) is 9.44. The molecule has 0 saturated heterocycles. The molecule has 0 fully saturated rings. The van der Waals surface area contributed by atoms with Crippen LogP contribution in [-0.2, 0) is 6.61 Å². The highest BCUT2D eigenvalue weighted by Gasteiger charge is 1.98. The third kappa shape index (κ3) is 2.34. The van der Waals surface area contributed by atoms with Crippen LogP contribution in [0.15, 0.2) is 36.4 Å². The molecule has 2 aromatic rings. The lowest BCUT2D eigenvalue weighted by Gasteiger charge is -2.06. The normalized spacial score (nSPS) is 10.6. The molecule has 16 heavy (non-hydrogen) atoms. The minimum atomic E-state index is 0.0873. The van der Waals surface area contributed by atoms with Crippen molar-refractivity contribution in [2.24, 2.45) is 0 Å². The zero-order valence-electron chi connectivity index (χ0n) is 9.44. The van der Waals surface area contributed by atoms with E-state index >= 15 is 0 Å². The molecule has 0 aliphatic rings. The lowest BCUT2D eigenvalue weighted by molar-refractivity contribution is 0.282. The van der Waals surface area contributed by atoms with Crippen molar-refractivity contribution >= 4 is 10.8 Å². The highest BCUT2D eigenvalue weighted by atomic mass is 16.5. The minimum absolute atomic E-state index is 0.0873. The van der Waals surface area contributed by atoms with Gasteiger partial charge in [0, 0.05) is 0 Å². The summed E-state index contributed by atoms with van der Waals surface area (Å²) in [5.41, 5.74) is 0.940. The first-order valence-electron chi connectivity index (χ1n) is 5.60. The Hall–Kier alpha value is -1.54. The Balaban J connectivity index is 2.32. The van der Waals surface area contributed by atoms with E-state index in [9.17, 15) is 0 Å². The van der Waals surface area contributed by atoms with E-state index in [1.165, 1.54) is 0 Å². The molecular weight excluding hydrogens is 200 g/mol. The first-order chi connectivity index (χ1) is 7.83. The van der Waals surface area contributed by atoms with Crippen molar-refractivity contribution < 1.29 is 9.84 Å². The van der Waals surface area contributed by atoms with Crippen molar-refractivity contribution in [2.75, 3.05) is 6.61 Å². The summed E-state index contributed by atoms with van der Waals surface area (Å²) in [6.07, 6.45) is 1.02. The Kier molecular flexibility index (Phi) is 3.42. The van der Waals surface area contributed by atoms with Gasteiger partial charge in [-0.05, 0) is 41.0 Å². The number of hydrogen-bond acceptors (Lipinski definition) is 2. The van der Waals surface area contributed by atoms with Crippen LogP contribution in [0.3, 0.4) is 0 Å². The van der Waals surface area contributed by atoms with E-state index < -0.39 is 0 Å². The maximum Gasteiger partial charge on any atom is 0.119 e. The van der Waals surface area contributed by atoms with Gasteiger partial charge in [0.2, 0.25) is 0 Å². The van der Waals surface area contributed by atoms with Crippen LogP contribution >= 0.6 is 0 Å². The summed E-state index contributed by atoms with van der Waals surface area (Å²) in [4.78, 5) is 0. The Morgan fingerprint density at radius 1 is 1.06 bits per heavy atom. The third-order valence-electron chi connectivity index (χ3n) is 2.53. The van der Waals surface area contributed by atoms with Crippen molar-refractivity contribution in [2.45, 2.75) is 20.0 Å². The van der Waals surface area contributed by atoms with Gasteiger partial charge in [-0.25, -0.2) is 0 Å². The van der Waals surface area contributed by atoms with Gasteiger partial charge in [0.05, 0.1) is 13.2 Å². The SMILES string of the molecule is CCCOc1ccc2cc(CO)ccc2c1. The fourth-order valence-corrected chi connectivity index (χ4v) is 1.68. The van der Waals surface area contributed by atoms with E-state index in [1.54, 1.807) is 0 Å². The smallest absolute Gasteiger partial charge is 0.119 e. The summed E-state index contributed by atoms with van der Waals surface area (Å²) < 4.78 is 5.57. The monoisotopic (exact) mass is 216 g/mol. The quantitative estimate of drug-likeness (QED) is 0.850. The second-order valence-electron chi connectivity index (χ2n) is 3.85. The largest absolute Gasteiger partial charge is 0.494 e. The predicted molar refractivity (Wildman–Crippen MR) is 65.7 cm³/mol. The Labute approximate surface area is 95.5 Å². The molecule has 0 aromatic heterocycles. The van der Waals surface area contributed by atoms with E-state index in [0.29, 0.717) is 0 Å². The van der Waals surface area contributed by atoms with Gasteiger partial charge in [-0.1, -0.05) is 25.1 Å². The summed E-state index contributed by atoms with van der Waals surface area (Å²) in [6.45, 7) is 2.93. The fourth-order valence-electron chi connectivity index (χ4n) is 1.68. The van der Waals surface area contributed by atoms with Crippen molar-refractivity contribution in [3.05, 3.63) is 42.0 Å². The summed E-state index contributed by atoms with van der Waals surface area (Å²) in [5, 5.41) is 11.3. The van der Waals surface area contributed by atoms with Crippen LogP contribution in [0.2, 0.25) is 0 Å². The summed E-state index contributed by atoms with van der Waals surface area (Å²) in [7, 11) is 0. The van der Waals surface area contributed by atoms with Crippen molar-refractivity contribution in [3.63, 3.8) is 0 Å². The van der Waals surface area contributed by atoms with Gasteiger partial charge < -0.3 is 9.84 Å². The van der Waals surface area contributed by atoms with Gasteiger partial charge in [0.15, 0.2) is 0 Å². The van der Waals surface area contributed by atoms with E-state index in [4.69, 9.17) is 9.84 Å². The topological polar surface area (TPSA) is 29.5 Å². The molecular formula is C14H16O2. The Bertz CT molecular complexity index is 477. The molecule has 0 atom stereocenters. The second kappa shape index (κ2) is 4.99. The lowest BCUT2D eigenvalue weighted by Crippen LogP contribution is -1.94. The van der Waals surface area contributed by atoms with Crippen LogP contribution < -0.4 is 4.74 Å². The Morgan fingerprint density at radius 2 is 1.81 bits per heavy atom. The molecule has 2 aromatic carbocycles. The maximum atomic E-state index is 9.04. The molecule has 0 radical (unpaired) electrons. The van der Waals surface area contributed by atoms with Crippen LogP contribution in [0, 0.1) is 0 Å². The van der Waals surface area contributed by atoms with E-state index in [-0.39, 0.29) is 6.61 Å². The first-order valence-corrected chi connectivity index (χ1v) is 5.60. The molecule has 0 amide bonds. The molecule has 0 heterocycles. The second-order valence-corrected chi connectivity index (χ2v) is 3.85. The van der Waals surface area contributed by atoms with Gasteiger partial charge in [0.1, 0.15) is 5.75 Å². The minimum Gasteiger partial charge on any atom is -0.494 e. The summed E-state index contributed by atoms with van der Waals surface area (Å²) >= 11 is 0.